The summed E-state index contributed by atoms with van der Waals surface area (Å²) in [6, 6.07) is 0.181. The largest absolute Gasteiger partial charge is 0.379 e. The first-order valence-electron chi connectivity index (χ1n) is 6.62. The van der Waals surface area contributed by atoms with Crippen molar-refractivity contribution >= 4 is 5.91 Å². The molecule has 0 aliphatic carbocycles. The fourth-order valence-corrected chi connectivity index (χ4v) is 2.95. The Kier molecular flexibility index (Phi) is 3.14. The maximum atomic E-state index is 12.3. The van der Waals surface area contributed by atoms with Gasteiger partial charge in [0.15, 0.2) is 0 Å². The second-order valence-corrected chi connectivity index (χ2v) is 5.28. The number of ether oxygens (including phenoxy) is 1. The fourth-order valence-electron chi connectivity index (χ4n) is 2.95. The number of fused-ring (bicyclic) bond motifs is 1. The van der Waals surface area contributed by atoms with Gasteiger partial charge in [0.25, 0.3) is 0 Å². The molecule has 0 radical (unpaired) electrons. The Morgan fingerprint density at radius 3 is 3.11 bits per heavy atom. The van der Waals surface area contributed by atoms with Crippen LogP contribution in [0.1, 0.15) is 12.8 Å². The van der Waals surface area contributed by atoms with Crippen molar-refractivity contribution in [3.05, 3.63) is 16.8 Å². The molecule has 2 fully saturated rings. The summed E-state index contributed by atoms with van der Waals surface area (Å²) in [6.07, 6.45) is 3.55. The van der Waals surface area contributed by atoms with E-state index in [2.05, 4.69) is 5.10 Å². The van der Waals surface area contributed by atoms with Gasteiger partial charge in [-0.2, -0.15) is 5.10 Å². The van der Waals surface area contributed by atoms with Crippen molar-refractivity contribution in [3.63, 3.8) is 0 Å². The molecule has 2 atom stereocenters. The number of piperidine rings is 1. The molecule has 19 heavy (non-hydrogen) atoms. The maximum Gasteiger partial charge on any atom is 0.345 e. The second-order valence-electron chi connectivity index (χ2n) is 5.28. The Balaban J connectivity index is 1.73. The highest BCUT2D eigenvalue weighted by Gasteiger charge is 2.38. The molecule has 2 saturated heterocycles. The molecule has 0 aromatic carbocycles. The minimum atomic E-state index is -0.260. The minimum absolute atomic E-state index is 0.0168. The number of carbonyl (C=O) groups excluding carboxylic acids is 1. The first-order chi connectivity index (χ1) is 9.16. The molecule has 3 rings (SSSR count). The van der Waals surface area contributed by atoms with E-state index in [0.29, 0.717) is 12.5 Å². The third-order valence-corrected chi connectivity index (χ3v) is 4.03. The van der Waals surface area contributed by atoms with E-state index in [1.54, 1.807) is 7.05 Å². The summed E-state index contributed by atoms with van der Waals surface area (Å²) in [5, 5.41) is 3.92. The highest BCUT2D eigenvalue weighted by atomic mass is 16.5. The summed E-state index contributed by atoms with van der Waals surface area (Å²) in [4.78, 5) is 25.9. The van der Waals surface area contributed by atoms with Gasteiger partial charge in [0.05, 0.1) is 19.3 Å². The number of aromatic nitrogens is 3. The number of rotatable bonds is 2. The topological polar surface area (TPSA) is 69.4 Å². The van der Waals surface area contributed by atoms with Crippen molar-refractivity contribution in [1.29, 1.82) is 0 Å². The molecule has 1 amide bonds. The molecule has 0 unspecified atom stereocenters. The van der Waals surface area contributed by atoms with Gasteiger partial charge in [0.2, 0.25) is 5.91 Å². The second kappa shape index (κ2) is 4.80. The van der Waals surface area contributed by atoms with Gasteiger partial charge in [-0.3, -0.25) is 9.36 Å². The summed E-state index contributed by atoms with van der Waals surface area (Å²) in [6.45, 7) is 2.14. The predicted molar refractivity (Wildman–Crippen MR) is 66.5 cm³/mol. The molecule has 2 aliphatic heterocycles. The first kappa shape index (κ1) is 12.4. The molecular weight excluding hydrogens is 248 g/mol. The summed E-state index contributed by atoms with van der Waals surface area (Å²) in [5.74, 6) is 0.416. The zero-order valence-corrected chi connectivity index (χ0v) is 11.0. The molecule has 0 N–H and O–H groups in total. The molecule has 0 spiro atoms. The molecule has 7 nitrogen and oxygen atoms in total. The number of aryl methyl sites for hydroxylation is 1. The van der Waals surface area contributed by atoms with E-state index in [4.69, 9.17) is 4.74 Å². The van der Waals surface area contributed by atoms with Crippen LogP contribution < -0.4 is 5.69 Å². The number of amides is 1. The van der Waals surface area contributed by atoms with Gasteiger partial charge in [0.1, 0.15) is 12.9 Å². The Morgan fingerprint density at radius 2 is 2.37 bits per heavy atom. The van der Waals surface area contributed by atoms with E-state index < -0.39 is 0 Å². The molecule has 104 valence electrons. The molecule has 2 aliphatic rings. The molecule has 0 bridgehead atoms. The number of carbonyl (C=O) groups is 1. The summed E-state index contributed by atoms with van der Waals surface area (Å²) in [5.41, 5.74) is -0.260. The molecule has 1 aromatic heterocycles. The fraction of sp³-hybridized carbons (Fsp3) is 0.750. The summed E-state index contributed by atoms with van der Waals surface area (Å²) >= 11 is 0. The third-order valence-electron chi connectivity index (χ3n) is 4.03. The smallest absolute Gasteiger partial charge is 0.345 e. The van der Waals surface area contributed by atoms with Gasteiger partial charge in [-0.1, -0.05) is 0 Å². The van der Waals surface area contributed by atoms with Gasteiger partial charge in [-0.25, -0.2) is 9.48 Å². The average Bonchev–Trinajstić information content (AvgIpc) is 3.00. The number of nitrogens with zero attached hydrogens (tertiary/aromatic N) is 4. The van der Waals surface area contributed by atoms with Crippen molar-refractivity contribution < 1.29 is 9.53 Å². The number of likely N-dealkylation sites (tertiary alicyclic amines) is 1. The first-order valence-corrected chi connectivity index (χ1v) is 6.62. The van der Waals surface area contributed by atoms with Gasteiger partial charge >= 0.3 is 5.69 Å². The predicted octanol–water partition coefficient (Wildman–Crippen LogP) is -0.781. The lowest BCUT2D eigenvalue weighted by atomic mass is 9.92. The zero-order chi connectivity index (χ0) is 13.4. The van der Waals surface area contributed by atoms with Gasteiger partial charge in [-0.15, -0.1) is 0 Å². The number of hydrogen-bond donors (Lipinski definition) is 0. The van der Waals surface area contributed by atoms with E-state index in [0.717, 1.165) is 26.0 Å². The van der Waals surface area contributed by atoms with E-state index >= 15 is 0 Å². The standard InChI is InChI=1S/C12H18N4O3/c1-14-8-13-16(12(14)18)5-11(17)15-4-2-3-9-6-19-7-10(9)15/h8-10H,2-7H2,1H3/t9-,10+/m1/s1. The van der Waals surface area contributed by atoms with E-state index in [1.165, 1.54) is 15.6 Å². The Labute approximate surface area is 110 Å². The van der Waals surface area contributed by atoms with Gasteiger partial charge in [-0.05, 0) is 12.8 Å². The average molecular weight is 266 g/mol. The van der Waals surface area contributed by atoms with Crippen LogP contribution in [0.3, 0.4) is 0 Å². The summed E-state index contributed by atoms with van der Waals surface area (Å²) < 4.78 is 8.04. The Hall–Kier alpha value is -1.63. The van der Waals surface area contributed by atoms with Gasteiger partial charge in [0, 0.05) is 19.5 Å². The molecular formula is C12H18N4O3. The number of hydrogen-bond acceptors (Lipinski definition) is 4. The molecule has 1 aromatic rings. The normalized spacial score (nSPS) is 26.5. The maximum absolute atomic E-state index is 12.3. The summed E-state index contributed by atoms with van der Waals surface area (Å²) in [7, 11) is 1.62. The minimum Gasteiger partial charge on any atom is -0.379 e. The zero-order valence-electron chi connectivity index (χ0n) is 11.0. The van der Waals surface area contributed by atoms with Crippen molar-refractivity contribution in [2.45, 2.75) is 25.4 Å². The van der Waals surface area contributed by atoms with E-state index in [9.17, 15) is 9.59 Å². The monoisotopic (exact) mass is 266 g/mol. The highest BCUT2D eigenvalue weighted by Crippen LogP contribution is 2.28. The lowest BCUT2D eigenvalue weighted by molar-refractivity contribution is -0.136. The molecule has 0 saturated carbocycles. The van der Waals surface area contributed by atoms with Crippen LogP contribution in [0.25, 0.3) is 0 Å². The van der Waals surface area contributed by atoms with Crippen molar-refractivity contribution in [3.8, 4) is 0 Å². The Bertz CT molecular complexity index is 535. The molecule has 3 heterocycles. The van der Waals surface area contributed by atoms with E-state index in [1.807, 2.05) is 4.90 Å². The lowest BCUT2D eigenvalue weighted by Crippen LogP contribution is -2.49. The van der Waals surface area contributed by atoms with Crippen LogP contribution in [-0.4, -0.2) is 51.0 Å². The van der Waals surface area contributed by atoms with Crippen LogP contribution in [0.15, 0.2) is 11.1 Å². The van der Waals surface area contributed by atoms with Crippen LogP contribution in [0.5, 0.6) is 0 Å². The van der Waals surface area contributed by atoms with Crippen LogP contribution in [0, 0.1) is 5.92 Å². The Morgan fingerprint density at radius 1 is 1.53 bits per heavy atom. The van der Waals surface area contributed by atoms with Crippen LogP contribution in [0.2, 0.25) is 0 Å². The van der Waals surface area contributed by atoms with Crippen molar-refractivity contribution in [1.82, 2.24) is 19.2 Å². The quantitative estimate of drug-likeness (QED) is 0.704. The van der Waals surface area contributed by atoms with Crippen molar-refractivity contribution in [2.24, 2.45) is 13.0 Å². The third kappa shape index (κ3) is 2.18. The van der Waals surface area contributed by atoms with Gasteiger partial charge < -0.3 is 9.64 Å². The highest BCUT2D eigenvalue weighted by molar-refractivity contribution is 5.76. The van der Waals surface area contributed by atoms with E-state index in [-0.39, 0.29) is 24.2 Å². The SMILES string of the molecule is Cn1cnn(CC(=O)N2CCC[C@@H]3COC[C@@H]32)c1=O. The lowest BCUT2D eigenvalue weighted by Gasteiger charge is -2.36. The van der Waals surface area contributed by atoms with Crippen LogP contribution in [0.4, 0.5) is 0 Å². The van der Waals surface area contributed by atoms with Crippen molar-refractivity contribution in [2.75, 3.05) is 19.8 Å². The molecule has 7 heteroatoms. The van der Waals surface area contributed by atoms with Crippen LogP contribution >= 0.6 is 0 Å². The van der Waals surface area contributed by atoms with Crippen LogP contribution in [-0.2, 0) is 23.1 Å².